The molecule has 1 heterocycles. The van der Waals surface area contributed by atoms with E-state index in [1.807, 2.05) is 45.0 Å². The number of urea groups is 1. The van der Waals surface area contributed by atoms with Gasteiger partial charge in [-0.3, -0.25) is 0 Å². The van der Waals surface area contributed by atoms with Gasteiger partial charge in [-0.2, -0.15) is 0 Å². The van der Waals surface area contributed by atoms with Crippen molar-refractivity contribution in [3.05, 3.63) is 65.0 Å². The van der Waals surface area contributed by atoms with Gasteiger partial charge in [0.1, 0.15) is 0 Å². The molecule has 1 unspecified atom stereocenters. The van der Waals surface area contributed by atoms with Gasteiger partial charge in [0.2, 0.25) is 11.8 Å². The summed E-state index contributed by atoms with van der Waals surface area (Å²) in [5.74, 6) is 1.76. The fourth-order valence-corrected chi connectivity index (χ4v) is 4.75. The van der Waals surface area contributed by atoms with E-state index in [0.29, 0.717) is 30.7 Å². The highest BCUT2D eigenvalue weighted by Crippen LogP contribution is 2.41. The third-order valence-corrected chi connectivity index (χ3v) is 6.84. The summed E-state index contributed by atoms with van der Waals surface area (Å²) < 4.78 is 6.03. The number of hydrogen-bond acceptors (Lipinski definition) is 4. The van der Waals surface area contributed by atoms with Crippen LogP contribution in [0.5, 0.6) is 0 Å². The molecule has 36 heavy (non-hydrogen) atoms. The Morgan fingerprint density at radius 1 is 1.08 bits per heavy atom. The van der Waals surface area contributed by atoms with Crippen LogP contribution in [0.25, 0.3) is 11.5 Å². The van der Waals surface area contributed by atoms with Crippen LogP contribution in [0.1, 0.15) is 95.7 Å². The van der Waals surface area contributed by atoms with E-state index in [2.05, 4.69) is 59.8 Å². The molecule has 6 heteroatoms. The second kappa shape index (κ2) is 12.7. The summed E-state index contributed by atoms with van der Waals surface area (Å²) in [6, 6.07) is 14.3. The summed E-state index contributed by atoms with van der Waals surface area (Å²) in [4.78, 5) is 11.8. The van der Waals surface area contributed by atoms with Gasteiger partial charge in [-0.15, -0.1) is 10.2 Å². The van der Waals surface area contributed by atoms with E-state index in [1.54, 1.807) is 0 Å². The first-order chi connectivity index (χ1) is 17.4. The number of amides is 2. The van der Waals surface area contributed by atoms with Gasteiger partial charge in [0.25, 0.3) is 0 Å². The predicted octanol–water partition coefficient (Wildman–Crippen LogP) is 7.64. The van der Waals surface area contributed by atoms with Crippen molar-refractivity contribution in [2.45, 2.75) is 91.4 Å². The molecule has 3 aromatic rings. The Balaban J connectivity index is 0.00000176. The lowest BCUT2D eigenvalue weighted by molar-refractivity contribution is 0.252. The first kappa shape index (κ1) is 27.4. The number of aromatic nitrogens is 2. The SMILES string of the molecule is CC.CCCNC(=O)Nc1ccc(CCc2nnc(-c3ccc4c(c3)C(C)CCCC4(C)C)o2)cc1. The van der Waals surface area contributed by atoms with Crippen LogP contribution in [0.15, 0.2) is 46.9 Å². The lowest BCUT2D eigenvalue weighted by Gasteiger charge is -2.26. The molecule has 2 aromatic carbocycles. The van der Waals surface area contributed by atoms with Gasteiger partial charge >= 0.3 is 6.03 Å². The van der Waals surface area contributed by atoms with Crippen LogP contribution in [0, 0.1) is 0 Å². The molecule has 0 fully saturated rings. The van der Waals surface area contributed by atoms with E-state index < -0.39 is 0 Å². The Labute approximate surface area is 216 Å². The van der Waals surface area contributed by atoms with Gasteiger partial charge < -0.3 is 15.1 Å². The molecule has 0 radical (unpaired) electrons. The number of carbonyl (C=O) groups is 1. The maximum Gasteiger partial charge on any atom is 0.319 e. The minimum Gasteiger partial charge on any atom is -0.421 e. The van der Waals surface area contributed by atoms with Crippen LogP contribution in [-0.2, 0) is 18.3 Å². The number of anilines is 1. The number of carbonyl (C=O) groups excluding carboxylic acids is 1. The van der Waals surface area contributed by atoms with E-state index in [-0.39, 0.29) is 11.4 Å². The Morgan fingerprint density at radius 2 is 1.83 bits per heavy atom. The predicted molar refractivity (Wildman–Crippen MR) is 148 cm³/mol. The monoisotopic (exact) mass is 490 g/mol. The Morgan fingerprint density at radius 3 is 2.56 bits per heavy atom. The number of fused-ring (bicyclic) bond motifs is 1. The van der Waals surface area contributed by atoms with Crippen molar-refractivity contribution < 1.29 is 9.21 Å². The second-order valence-electron chi connectivity index (χ2n) is 10.1. The van der Waals surface area contributed by atoms with E-state index in [0.717, 1.165) is 29.7 Å². The minimum absolute atomic E-state index is 0.177. The van der Waals surface area contributed by atoms with E-state index in [9.17, 15) is 4.79 Å². The zero-order chi connectivity index (χ0) is 26.1. The molecular weight excluding hydrogens is 448 g/mol. The zero-order valence-electron chi connectivity index (χ0n) is 22.8. The van der Waals surface area contributed by atoms with Crippen molar-refractivity contribution in [2.24, 2.45) is 0 Å². The van der Waals surface area contributed by atoms with Crippen LogP contribution >= 0.6 is 0 Å². The molecule has 194 valence electrons. The first-order valence-electron chi connectivity index (χ1n) is 13.5. The number of hydrogen-bond donors (Lipinski definition) is 2. The molecule has 1 aromatic heterocycles. The second-order valence-corrected chi connectivity index (χ2v) is 10.1. The lowest BCUT2D eigenvalue weighted by Crippen LogP contribution is -2.29. The van der Waals surface area contributed by atoms with Gasteiger partial charge in [0.15, 0.2) is 0 Å². The van der Waals surface area contributed by atoms with Crippen LogP contribution in [0.4, 0.5) is 10.5 Å². The van der Waals surface area contributed by atoms with Crippen molar-refractivity contribution in [1.82, 2.24) is 15.5 Å². The molecule has 1 atom stereocenters. The van der Waals surface area contributed by atoms with E-state index in [4.69, 9.17) is 4.42 Å². The molecule has 0 aliphatic heterocycles. The normalized spacial score (nSPS) is 16.2. The smallest absolute Gasteiger partial charge is 0.319 e. The Kier molecular flexibility index (Phi) is 9.68. The van der Waals surface area contributed by atoms with Crippen LogP contribution in [0.2, 0.25) is 0 Å². The fraction of sp³-hybridized carbons (Fsp3) is 0.500. The fourth-order valence-electron chi connectivity index (χ4n) is 4.75. The van der Waals surface area contributed by atoms with Crippen LogP contribution < -0.4 is 10.6 Å². The van der Waals surface area contributed by atoms with Gasteiger partial charge in [0, 0.05) is 24.2 Å². The quantitative estimate of drug-likeness (QED) is 0.333. The number of rotatable bonds is 7. The summed E-state index contributed by atoms with van der Waals surface area (Å²) in [6.45, 7) is 13.7. The highest BCUT2D eigenvalue weighted by molar-refractivity contribution is 5.89. The number of aryl methyl sites for hydroxylation is 2. The summed E-state index contributed by atoms with van der Waals surface area (Å²) in [6.07, 6.45) is 6.06. The van der Waals surface area contributed by atoms with E-state index in [1.165, 1.54) is 30.4 Å². The maximum absolute atomic E-state index is 11.8. The summed E-state index contributed by atoms with van der Waals surface area (Å²) in [5.41, 5.74) is 5.99. The highest BCUT2D eigenvalue weighted by Gasteiger charge is 2.29. The summed E-state index contributed by atoms with van der Waals surface area (Å²) in [5, 5.41) is 14.3. The third-order valence-electron chi connectivity index (χ3n) is 6.84. The molecule has 1 aliphatic rings. The van der Waals surface area contributed by atoms with Crippen molar-refractivity contribution in [1.29, 1.82) is 0 Å². The minimum atomic E-state index is -0.177. The third kappa shape index (κ3) is 6.96. The molecule has 0 spiro atoms. The molecule has 0 saturated carbocycles. The van der Waals surface area contributed by atoms with Gasteiger partial charge in [-0.25, -0.2) is 4.79 Å². The molecule has 0 saturated heterocycles. The van der Waals surface area contributed by atoms with Gasteiger partial charge in [-0.1, -0.05) is 66.2 Å². The molecule has 4 rings (SSSR count). The van der Waals surface area contributed by atoms with Crippen molar-refractivity contribution in [3.8, 4) is 11.5 Å². The first-order valence-corrected chi connectivity index (χ1v) is 13.5. The van der Waals surface area contributed by atoms with Gasteiger partial charge in [-0.05, 0) is 78.0 Å². The number of benzene rings is 2. The maximum atomic E-state index is 11.8. The summed E-state index contributed by atoms with van der Waals surface area (Å²) in [7, 11) is 0. The molecule has 2 amide bonds. The number of nitrogens with zero attached hydrogens (tertiary/aromatic N) is 2. The number of nitrogens with one attached hydrogen (secondary N) is 2. The topological polar surface area (TPSA) is 80.0 Å². The Bertz CT molecular complexity index is 1120. The largest absolute Gasteiger partial charge is 0.421 e. The highest BCUT2D eigenvalue weighted by atomic mass is 16.4. The molecule has 6 nitrogen and oxygen atoms in total. The van der Waals surface area contributed by atoms with E-state index >= 15 is 0 Å². The van der Waals surface area contributed by atoms with Crippen molar-refractivity contribution in [2.75, 3.05) is 11.9 Å². The molecule has 0 bridgehead atoms. The average Bonchev–Trinajstić information content (AvgIpc) is 3.33. The van der Waals surface area contributed by atoms with Crippen molar-refractivity contribution in [3.63, 3.8) is 0 Å². The van der Waals surface area contributed by atoms with Crippen molar-refractivity contribution >= 4 is 11.7 Å². The Hall–Kier alpha value is -3.15. The van der Waals surface area contributed by atoms with Crippen LogP contribution in [-0.4, -0.2) is 22.8 Å². The summed E-state index contributed by atoms with van der Waals surface area (Å²) >= 11 is 0. The zero-order valence-corrected chi connectivity index (χ0v) is 22.8. The van der Waals surface area contributed by atoms with Crippen LogP contribution in [0.3, 0.4) is 0 Å². The molecule has 2 N–H and O–H groups in total. The average molecular weight is 491 g/mol. The molecule has 1 aliphatic carbocycles. The molecular formula is C30H42N4O2. The van der Waals surface area contributed by atoms with Gasteiger partial charge in [0.05, 0.1) is 0 Å². The lowest BCUT2D eigenvalue weighted by atomic mass is 9.78. The standard InChI is InChI=1S/C28H36N4O2.C2H6/c1-5-17-29-27(33)30-22-12-8-20(9-13-22)10-15-25-31-32-26(34-25)21-11-14-24-23(18-21)19(2)7-6-16-28(24,3)4;1-2/h8-9,11-14,18-19H,5-7,10,15-17H2,1-4H3,(H2,29,30,33);1-2H3.